The Hall–Kier alpha value is -1.22. The number of pyridine rings is 1. The number of halogens is 1. The van der Waals surface area contributed by atoms with Crippen molar-refractivity contribution in [3.8, 4) is 0 Å². The van der Waals surface area contributed by atoms with Crippen LogP contribution in [0.2, 0.25) is 0 Å². The molecule has 0 saturated carbocycles. The van der Waals surface area contributed by atoms with E-state index in [0.717, 1.165) is 21.8 Å². The minimum atomic E-state index is 0.651. The number of carbonyl (C=O) groups excluding carboxylic acids is 1. The molecule has 64 valence electrons. The topological polar surface area (TPSA) is 30.0 Å². The highest BCUT2D eigenvalue weighted by Crippen LogP contribution is 2.16. The number of benzene rings is 1. The molecule has 0 unspecified atom stereocenters. The molecule has 0 bridgehead atoms. The Morgan fingerprint density at radius 3 is 2.77 bits per heavy atom. The van der Waals surface area contributed by atoms with Crippen molar-refractivity contribution in [2.24, 2.45) is 0 Å². The first-order valence-electron chi connectivity index (χ1n) is 3.81. The fraction of sp³-hybridized carbons (Fsp3) is 0. The Morgan fingerprint density at radius 1 is 1.23 bits per heavy atom. The molecule has 1 aromatic heterocycles. The van der Waals surface area contributed by atoms with E-state index in [0.29, 0.717) is 5.56 Å². The predicted octanol–water partition coefficient (Wildman–Crippen LogP) is 2.81. The van der Waals surface area contributed by atoms with E-state index in [-0.39, 0.29) is 0 Å². The summed E-state index contributed by atoms with van der Waals surface area (Å²) in [7, 11) is 0. The van der Waals surface area contributed by atoms with Gasteiger partial charge in [-0.25, -0.2) is 4.98 Å². The summed E-state index contributed by atoms with van der Waals surface area (Å²) in [5.41, 5.74) is 1.48. The Morgan fingerprint density at radius 2 is 2.00 bits per heavy atom. The SMILES string of the molecule is O=Cc1ccc2ccc(Br)nc2c1. The monoisotopic (exact) mass is 235 g/mol. The summed E-state index contributed by atoms with van der Waals surface area (Å²) >= 11 is 3.28. The van der Waals surface area contributed by atoms with Crippen LogP contribution in [-0.4, -0.2) is 11.3 Å². The second-order valence-electron chi connectivity index (χ2n) is 2.70. The number of aldehydes is 1. The maximum atomic E-state index is 10.5. The van der Waals surface area contributed by atoms with Gasteiger partial charge in [0.2, 0.25) is 0 Å². The zero-order chi connectivity index (χ0) is 9.26. The molecule has 2 rings (SSSR count). The minimum Gasteiger partial charge on any atom is -0.298 e. The number of hydrogen-bond acceptors (Lipinski definition) is 2. The van der Waals surface area contributed by atoms with Crippen LogP contribution in [0.25, 0.3) is 10.9 Å². The lowest BCUT2D eigenvalue weighted by Crippen LogP contribution is -1.83. The zero-order valence-electron chi connectivity index (χ0n) is 6.70. The molecule has 0 atom stereocenters. The number of aromatic nitrogens is 1. The molecule has 13 heavy (non-hydrogen) atoms. The van der Waals surface area contributed by atoms with E-state index in [1.54, 1.807) is 12.1 Å². The van der Waals surface area contributed by atoms with E-state index in [9.17, 15) is 4.79 Å². The molecule has 1 heterocycles. The molecule has 2 aromatic rings. The van der Waals surface area contributed by atoms with Crippen molar-refractivity contribution in [1.29, 1.82) is 0 Å². The lowest BCUT2D eigenvalue weighted by molar-refractivity contribution is 0.112. The minimum absolute atomic E-state index is 0.651. The molecule has 2 nitrogen and oxygen atoms in total. The van der Waals surface area contributed by atoms with Gasteiger partial charge in [-0.05, 0) is 28.1 Å². The molecule has 0 aliphatic rings. The van der Waals surface area contributed by atoms with Crippen LogP contribution in [0.1, 0.15) is 10.4 Å². The van der Waals surface area contributed by atoms with Gasteiger partial charge in [0.05, 0.1) is 5.52 Å². The lowest BCUT2D eigenvalue weighted by Gasteiger charge is -1.97. The van der Waals surface area contributed by atoms with Crippen LogP contribution in [-0.2, 0) is 0 Å². The van der Waals surface area contributed by atoms with E-state index in [1.807, 2.05) is 18.2 Å². The van der Waals surface area contributed by atoms with Gasteiger partial charge in [-0.2, -0.15) is 0 Å². The van der Waals surface area contributed by atoms with Gasteiger partial charge in [-0.1, -0.05) is 18.2 Å². The molecule has 0 fully saturated rings. The summed E-state index contributed by atoms with van der Waals surface area (Å²) in [6.45, 7) is 0. The summed E-state index contributed by atoms with van der Waals surface area (Å²) in [4.78, 5) is 14.7. The predicted molar refractivity (Wildman–Crippen MR) is 54.8 cm³/mol. The van der Waals surface area contributed by atoms with E-state index >= 15 is 0 Å². The zero-order valence-corrected chi connectivity index (χ0v) is 8.28. The highest BCUT2D eigenvalue weighted by Gasteiger charge is 1.97. The average molecular weight is 236 g/mol. The molecule has 0 saturated heterocycles. The van der Waals surface area contributed by atoms with Crippen molar-refractivity contribution in [1.82, 2.24) is 4.98 Å². The molecular formula is C10H6BrNO. The lowest BCUT2D eigenvalue weighted by atomic mass is 10.1. The van der Waals surface area contributed by atoms with Crippen molar-refractivity contribution < 1.29 is 4.79 Å². The molecule has 0 radical (unpaired) electrons. The molecule has 0 N–H and O–H groups in total. The first-order chi connectivity index (χ1) is 6.29. The molecule has 0 aliphatic carbocycles. The standard InChI is InChI=1S/C10H6BrNO/c11-10-4-3-8-2-1-7(6-13)5-9(8)12-10/h1-6H. The molecule has 1 aromatic carbocycles. The van der Waals surface area contributed by atoms with Crippen LogP contribution < -0.4 is 0 Å². The second kappa shape index (κ2) is 3.26. The van der Waals surface area contributed by atoms with Crippen molar-refractivity contribution in [2.45, 2.75) is 0 Å². The van der Waals surface area contributed by atoms with Gasteiger partial charge in [-0.3, -0.25) is 4.79 Å². The fourth-order valence-corrected chi connectivity index (χ4v) is 1.51. The third-order valence-corrected chi connectivity index (χ3v) is 2.26. The average Bonchev–Trinajstić information content (AvgIpc) is 2.16. The third kappa shape index (κ3) is 1.60. The maximum absolute atomic E-state index is 10.5. The van der Waals surface area contributed by atoms with Crippen LogP contribution in [0, 0.1) is 0 Å². The Balaban J connectivity index is 2.74. The number of nitrogens with zero attached hydrogens (tertiary/aromatic N) is 1. The van der Waals surface area contributed by atoms with Crippen LogP contribution in [0.5, 0.6) is 0 Å². The van der Waals surface area contributed by atoms with Crippen molar-refractivity contribution in [3.63, 3.8) is 0 Å². The number of rotatable bonds is 1. The maximum Gasteiger partial charge on any atom is 0.150 e. The largest absolute Gasteiger partial charge is 0.298 e. The summed E-state index contributed by atoms with van der Waals surface area (Å²) < 4.78 is 0.781. The van der Waals surface area contributed by atoms with Gasteiger partial charge in [-0.15, -0.1) is 0 Å². The Bertz CT molecular complexity index is 467. The van der Waals surface area contributed by atoms with E-state index in [4.69, 9.17) is 0 Å². The van der Waals surface area contributed by atoms with Crippen molar-refractivity contribution >= 4 is 33.1 Å². The van der Waals surface area contributed by atoms with Crippen molar-refractivity contribution in [3.05, 3.63) is 40.5 Å². The molecule has 0 spiro atoms. The van der Waals surface area contributed by atoms with Gasteiger partial charge >= 0.3 is 0 Å². The summed E-state index contributed by atoms with van der Waals surface area (Å²) in [6.07, 6.45) is 0.821. The van der Waals surface area contributed by atoms with E-state index < -0.39 is 0 Å². The summed E-state index contributed by atoms with van der Waals surface area (Å²) in [6, 6.07) is 9.28. The van der Waals surface area contributed by atoms with Crippen LogP contribution in [0.15, 0.2) is 34.9 Å². The Labute approximate surface area is 83.7 Å². The third-order valence-electron chi connectivity index (χ3n) is 1.82. The quantitative estimate of drug-likeness (QED) is 0.562. The fourth-order valence-electron chi connectivity index (χ4n) is 1.18. The first kappa shape index (κ1) is 8.38. The van der Waals surface area contributed by atoms with E-state index in [2.05, 4.69) is 20.9 Å². The first-order valence-corrected chi connectivity index (χ1v) is 4.60. The number of carbonyl (C=O) groups is 1. The van der Waals surface area contributed by atoms with Gasteiger partial charge in [0.15, 0.2) is 0 Å². The van der Waals surface area contributed by atoms with Gasteiger partial charge < -0.3 is 0 Å². The molecule has 0 aliphatic heterocycles. The second-order valence-corrected chi connectivity index (χ2v) is 3.52. The van der Waals surface area contributed by atoms with Gasteiger partial charge in [0.25, 0.3) is 0 Å². The van der Waals surface area contributed by atoms with Crippen LogP contribution in [0.4, 0.5) is 0 Å². The van der Waals surface area contributed by atoms with E-state index in [1.165, 1.54) is 0 Å². The highest BCUT2D eigenvalue weighted by molar-refractivity contribution is 9.10. The smallest absolute Gasteiger partial charge is 0.150 e. The highest BCUT2D eigenvalue weighted by atomic mass is 79.9. The van der Waals surface area contributed by atoms with Crippen LogP contribution in [0.3, 0.4) is 0 Å². The molecule has 0 amide bonds. The summed E-state index contributed by atoms with van der Waals surface area (Å²) in [5, 5.41) is 1.04. The number of fused-ring (bicyclic) bond motifs is 1. The van der Waals surface area contributed by atoms with Crippen molar-refractivity contribution in [2.75, 3.05) is 0 Å². The normalized spacial score (nSPS) is 10.2. The van der Waals surface area contributed by atoms with Crippen LogP contribution >= 0.6 is 15.9 Å². The summed E-state index contributed by atoms with van der Waals surface area (Å²) in [5.74, 6) is 0. The molecule has 3 heteroatoms. The van der Waals surface area contributed by atoms with Gasteiger partial charge in [0, 0.05) is 10.9 Å². The molecular weight excluding hydrogens is 230 g/mol. The number of hydrogen-bond donors (Lipinski definition) is 0. The van der Waals surface area contributed by atoms with Gasteiger partial charge in [0.1, 0.15) is 10.9 Å². The Kier molecular flexibility index (Phi) is 2.10.